The lowest BCUT2D eigenvalue weighted by Crippen LogP contribution is -2.29. The third-order valence-electron chi connectivity index (χ3n) is 4.89. The first kappa shape index (κ1) is 17.4. The summed E-state index contributed by atoms with van der Waals surface area (Å²) < 4.78 is 5.54. The second kappa shape index (κ2) is 7.68. The molecule has 5 nitrogen and oxygen atoms in total. The molecule has 5 heteroatoms. The van der Waals surface area contributed by atoms with Crippen molar-refractivity contribution in [3.8, 4) is 0 Å². The molecule has 2 aromatic carbocycles. The van der Waals surface area contributed by atoms with E-state index in [4.69, 9.17) is 4.42 Å². The topological polar surface area (TPSA) is 65.7 Å². The van der Waals surface area contributed by atoms with Gasteiger partial charge in [-0.05, 0) is 48.4 Å². The number of anilines is 1. The van der Waals surface area contributed by atoms with Crippen LogP contribution in [-0.2, 0) is 0 Å². The largest absolute Gasteiger partial charge is 0.467 e. The van der Waals surface area contributed by atoms with Crippen molar-refractivity contribution in [2.75, 3.05) is 18.0 Å². The fraction of sp³-hybridized carbons (Fsp3) is 0.227. The molecule has 0 radical (unpaired) electrons. The number of hydrogen-bond acceptors (Lipinski definition) is 4. The number of aliphatic hydroxyl groups excluding tert-OH is 1. The van der Waals surface area contributed by atoms with Crippen molar-refractivity contribution >= 4 is 11.6 Å². The summed E-state index contributed by atoms with van der Waals surface area (Å²) in [6.07, 6.45) is 2.12. The first-order chi connectivity index (χ1) is 13.2. The molecular formula is C22H22N2O3. The maximum atomic E-state index is 12.8. The van der Waals surface area contributed by atoms with Gasteiger partial charge in [-0.15, -0.1) is 0 Å². The number of carbonyl (C=O) groups is 1. The van der Waals surface area contributed by atoms with Gasteiger partial charge in [-0.3, -0.25) is 4.79 Å². The highest BCUT2D eigenvalue weighted by Gasteiger charge is 2.22. The van der Waals surface area contributed by atoms with Gasteiger partial charge in [0.2, 0.25) is 0 Å². The molecule has 3 aromatic rings. The third-order valence-corrected chi connectivity index (χ3v) is 4.89. The summed E-state index contributed by atoms with van der Waals surface area (Å²) in [6.45, 7) is 1.47. The summed E-state index contributed by atoms with van der Waals surface area (Å²) in [5.74, 6) is 0.533. The molecule has 4 rings (SSSR count). The number of hydrogen-bond donors (Lipinski definition) is 2. The van der Waals surface area contributed by atoms with E-state index in [1.807, 2.05) is 66.7 Å². The second-order valence-corrected chi connectivity index (χ2v) is 6.77. The molecule has 0 spiro atoms. The molecule has 1 aliphatic rings. The Hall–Kier alpha value is -3.05. The van der Waals surface area contributed by atoms with Crippen molar-refractivity contribution in [2.45, 2.75) is 18.6 Å². The maximum absolute atomic E-state index is 12.8. The summed E-state index contributed by atoms with van der Waals surface area (Å²) in [7, 11) is 0. The zero-order valence-corrected chi connectivity index (χ0v) is 14.9. The van der Waals surface area contributed by atoms with E-state index < -0.39 is 0 Å². The predicted octanol–water partition coefficient (Wildman–Crippen LogP) is 3.37. The molecule has 1 aliphatic heterocycles. The monoisotopic (exact) mass is 362 g/mol. The van der Waals surface area contributed by atoms with E-state index in [0.717, 1.165) is 24.2 Å². The van der Waals surface area contributed by atoms with Crippen molar-refractivity contribution in [1.29, 1.82) is 0 Å². The van der Waals surface area contributed by atoms with Crippen LogP contribution in [0.5, 0.6) is 0 Å². The van der Waals surface area contributed by atoms with Crippen LogP contribution >= 0.6 is 0 Å². The Morgan fingerprint density at radius 2 is 1.85 bits per heavy atom. The van der Waals surface area contributed by atoms with Crippen LogP contribution in [0, 0.1) is 0 Å². The Morgan fingerprint density at radius 1 is 1.07 bits per heavy atom. The number of aliphatic hydroxyl groups is 1. The Labute approximate surface area is 158 Å². The molecule has 0 saturated carbocycles. The van der Waals surface area contributed by atoms with E-state index in [-0.39, 0.29) is 18.1 Å². The van der Waals surface area contributed by atoms with E-state index in [2.05, 4.69) is 10.2 Å². The molecule has 27 heavy (non-hydrogen) atoms. The van der Waals surface area contributed by atoms with Gasteiger partial charge in [-0.25, -0.2) is 0 Å². The highest BCUT2D eigenvalue weighted by atomic mass is 16.3. The number of furan rings is 1. The highest BCUT2D eigenvalue weighted by molar-refractivity contribution is 5.95. The molecular weight excluding hydrogens is 340 g/mol. The van der Waals surface area contributed by atoms with Gasteiger partial charge in [0.25, 0.3) is 5.91 Å². The maximum Gasteiger partial charge on any atom is 0.252 e. The van der Waals surface area contributed by atoms with Gasteiger partial charge in [0, 0.05) is 24.3 Å². The normalized spacial score (nSPS) is 17.7. The second-order valence-electron chi connectivity index (χ2n) is 6.77. The van der Waals surface area contributed by atoms with Gasteiger partial charge >= 0.3 is 0 Å². The SMILES string of the molecule is O=C(NC(c1ccccc1)c1ccco1)c1ccc(N2CCC(O)C2)cc1. The molecule has 0 bridgehead atoms. The number of carbonyl (C=O) groups excluding carboxylic acids is 1. The molecule has 138 valence electrons. The van der Waals surface area contributed by atoms with Gasteiger partial charge in [-0.2, -0.15) is 0 Å². The first-order valence-electron chi connectivity index (χ1n) is 9.13. The van der Waals surface area contributed by atoms with E-state index >= 15 is 0 Å². The van der Waals surface area contributed by atoms with E-state index in [0.29, 0.717) is 17.9 Å². The van der Waals surface area contributed by atoms with Gasteiger partial charge in [0.15, 0.2) is 0 Å². The standard InChI is InChI=1S/C22H22N2O3/c25-19-12-13-24(15-19)18-10-8-17(9-11-18)22(26)23-21(20-7-4-14-27-20)16-5-2-1-3-6-16/h1-11,14,19,21,25H,12-13,15H2,(H,23,26). The summed E-state index contributed by atoms with van der Waals surface area (Å²) in [5, 5.41) is 12.7. The molecule has 0 aliphatic carbocycles. The smallest absolute Gasteiger partial charge is 0.252 e. The number of rotatable bonds is 5. The van der Waals surface area contributed by atoms with Gasteiger partial charge in [0.1, 0.15) is 11.8 Å². The molecule has 1 saturated heterocycles. The Kier molecular flexibility index (Phi) is 4.94. The average Bonchev–Trinajstić information content (AvgIpc) is 3.39. The number of nitrogens with zero attached hydrogens (tertiary/aromatic N) is 1. The van der Waals surface area contributed by atoms with Crippen molar-refractivity contribution < 1.29 is 14.3 Å². The number of β-amino-alcohol motifs (C(OH)–C–C–N with tert-alkyl or cyclic N) is 1. The van der Waals surface area contributed by atoms with E-state index in [1.165, 1.54) is 0 Å². The van der Waals surface area contributed by atoms with Crippen molar-refractivity contribution in [3.63, 3.8) is 0 Å². The summed E-state index contributed by atoms with van der Waals surface area (Å²) in [6, 6.07) is 20.6. The minimum Gasteiger partial charge on any atom is -0.467 e. The fourth-order valence-corrected chi connectivity index (χ4v) is 3.43. The van der Waals surface area contributed by atoms with Gasteiger partial charge in [0.05, 0.1) is 12.4 Å². The van der Waals surface area contributed by atoms with Crippen molar-refractivity contribution in [3.05, 3.63) is 89.9 Å². The summed E-state index contributed by atoms with van der Waals surface area (Å²) >= 11 is 0. The lowest BCUT2D eigenvalue weighted by atomic mass is 10.0. The van der Waals surface area contributed by atoms with Crippen LogP contribution in [-0.4, -0.2) is 30.2 Å². The van der Waals surface area contributed by atoms with Crippen LogP contribution in [0.2, 0.25) is 0 Å². The van der Waals surface area contributed by atoms with Crippen LogP contribution < -0.4 is 10.2 Å². The first-order valence-corrected chi connectivity index (χ1v) is 9.13. The summed E-state index contributed by atoms with van der Waals surface area (Å²) in [5.41, 5.74) is 2.57. The van der Waals surface area contributed by atoms with Crippen LogP contribution in [0.1, 0.15) is 34.1 Å². The number of amides is 1. The Bertz CT molecular complexity index is 876. The predicted molar refractivity (Wildman–Crippen MR) is 104 cm³/mol. The minimum absolute atomic E-state index is 0.159. The van der Waals surface area contributed by atoms with Crippen LogP contribution in [0.3, 0.4) is 0 Å². The molecule has 1 fully saturated rings. The van der Waals surface area contributed by atoms with E-state index in [1.54, 1.807) is 6.26 Å². The number of nitrogens with one attached hydrogen (secondary N) is 1. The molecule has 2 atom stereocenters. The van der Waals surface area contributed by atoms with Crippen molar-refractivity contribution in [2.24, 2.45) is 0 Å². The third kappa shape index (κ3) is 3.88. The quantitative estimate of drug-likeness (QED) is 0.730. The van der Waals surface area contributed by atoms with E-state index in [9.17, 15) is 9.90 Å². The fourth-order valence-electron chi connectivity index (χ4n) is 3.43. The zero-order chi connectivity index (χ0) is 18.6. The minimum atomic E-state index is -0.345. The lowest BCUT2D eigenvalue weighted by Gasteiger charge is -2.19. The van der Waals surface area contributed by atoms with Crippen molar-refractivity contribution in [1.82, 2.24) is 5.32 Å². The molecule has 1 amide bonds. The van der Waals surface area contributed by atoms with Crippen LogP contribution in [0.25, 0.3) is 0 Å². The zero-order valence-electron chi connectivity index (χ0n) is 14.9. The molecule has 2 unspecified atom stereocenters. The summed E-state index contributed by atoms with van der Waals surface area (Å²) in [4.78, 5) is 14.9. The molecule has 2 heterocycles. The molecule has 1 aromatic heterocycles. The Morgan fingerprint density at radius 3 is 2.48 bits per heavy atom. The highest BCUT2D eigenvalue weighted by Crippen LogP contribution is 2.24. The molecule has 2 N–H and O–H groups in total. The van der Waals surface area contributed by atoms with Crippen LogP contribution in [0.15, 0.2) is 77.4 Å². The lowest BCUT2D eigenvalue weighted by molar-refractivity contribution is 0.0939. The van der Waals surface area contributed by atoms with Crippen LogP contribution in [0.4, 0.5) is 5.69 Å². The average molecular weight is 362 g/mol. The number of benzene rings is 2. The van der Waals surface area contributed by atoms with Gasteiger partial charge in [-0.1, -0.05) is 30.3 Å². The Balaban J connectivity index is 1.51. The van der Waals surface area contributed by atoms with Gasteiger partial charge < -0.3 is 19.7 Å².